The molecule has 9 nitrogen and oxygen atoms in total. The van der Waals surface area contributed by atoms with Gasteiger partial charge in [-0.2, -0.15) is 13.2 Å². The molecule has 31 heavy (non-hydrogen) atoms. The Kier molecular flexibility index (Phi) is 5.11. The van der Waals surface area contributed by atoms with Crippen molar-refractivity contribution in [1.82, 2.24) is 24.6 Å². The highest BCUT2D eigenvalue weighted by atomic mass is 19.4. The first-order valence-electron chi connectivity index (χ1n) is 9.29. The average Bonchev–Trinajstić information content (AvgIpc) is 3.30. The van der Waals surface area contributed by atoms with E-state index in [1.165, 1.54) is 29.3 Å². The number of benzene rings is 1. The van der Waals surface area contributed by atoms with Crippen LogP contribution in [0.25, 0.3) is 10.9 Å². The molecule has 0 saturated heterocycles. The minimum Gasteiger partial charge on any atom is -0.361 e. The Hall–Kier alpha value is -3.51. The van der Waals surface area contributed by atoms with E-state index in [4.69, 9.17) is 0 Å². The molecule has 2 aromatic heterocycles. The van der Waals surface area contributed by atoms with Crippen LogP contribution >= 0.6 is 0 Å². The quantitative estimate of drug-likeness (QED) is 0.373. The fourth-order valence-electron chi connectivity index (χ4n) is 3.71. The first-order valence-corrected chi connectivity index (χ1v) is 9.29. The van der Waals surface area contributed by atoms with Crippen molar-refractivity contribution in [2.45, 2.75) is 38.1 Å². The molecule has 4 rings (SSSR count). The van der Waals surface area contributed by atoms with Crippen LogP contribution in [0.15, 0.2) is 24.4 Å². The normalized spacial score (nSPS) is 15.2. The highest BCUT2D eigenvalue weighted by molar-refractivity contribution is 5.83. The Morgan fingerprint density at radius 3 is 2.77 bits per heavy atom. The van der Waals surface area contributed by atoms with Crippen LogP contribution < -0.4 is 0 Å². The van der Waals surface area contributed by atoms with E-state index in [2.05, 4.69) is 15.2 Å². The van der Waals surface area contributed by atoms with Gasteiger partial charge in [-0.15, -0.1) is 10.2 Å². The summed E-state index contributed by atoms with van der Waals surface area (Å²) in [7, 11) is 0. The standard InChI is InChI=1S/C18H16F4N6O3/c19-11-1-2-14-13(6-11)10(8-23-14)5-12(28(30)31)7-16(29)26-3-4-27-15(9-26)24-25-17(27)18(20,21)22/h1-2,6,8,12,23H,3-5,7,9H2. The molecule has 1 aromatic carbocycles. The molecule has 1 atom stereocenters. The minimum atomic E-state index is -4.66. The van der Waals surface area contributed by atoms with Crippen LogP contribution in [0.4, 0.5) is 17.6 Å². The Morgan fingerprint density at radius 2 is 2.06 bits per heavy atom. The summed E-state index contributed by atoms with van der Waals surface area (Å²) in [5, 5.41) is 18.7. The zero-order valence-corrected chi connectivity index (χ0v) is 15.9. The fraction of sp³-hybridized carbons (Fsp3) is 0.389. The van der Waals surface area contributed by atoms with Crippen molar-refractivity contribution in [2.75, 3.05) is 6.54 Å². The van der Waals surface area contributed by atoms with E-state index in [1.54, 1.807) is 0 Å². The summed E-state index contributed by atoms with van der Waals surface area (Å²) in [5.74, 6) is -2.23. The maximum absolute atomic E-state index is 13.5. The molecule has 0 spiro atoms. The monoisotopic (exact) mass is 440 g/mol. The number of amides is 1. The van der Waals surface area contributed by atoms with Gasteiger partial charge in [0.2, 0.25) is 17.8 Å². The van der Waals surface area contributed by atoms with E-state index in [-0.39, 0.29) is 31.9 Å². The summed E-state index contributed by atoms with van der Waals surface area (Å²) in [6.07, 6.45) is -3.68. The van der Waals surface area contributed by atoms with E-state index in [1.807, 2.05) is 0 Å². The third kappa shape index (κ3) is 4.07. The first-order chi connectivity index (χ1) is 14.6. The van der Waals surface area contributed by atoms with E-state index in [0.29, 0.717) is 16.5 Å². The van der Waals surface area contributed by atoms with Crippen molar-refractivity contribution in [1.29, 1.82) is 0 Å². The van der Waals surface area contributed by atoms with Gasteiger partial charge >= 0.3 is 6.18 Å². The summed E-state index contributed by atoms with van der Waals surface area (Å²) in [6.45, 7) is -0.423. The van der Waals surface area contributed by atoms with Crippen molar-refractivity contribution in [3.63, 3.8) is 0 Å². The van der Waals surface area contributed by atoms with Crippen LogP contribution in [-0.2, 0) is 30.5 Å². The lowest BCUT2D eigenvalue weighted by Gasteiger charge is -2.28. The molecule has 0 bridgehead atoms. The molecule has 0 radical (unpaired) electrons. The molecule has 1 unspecified atom stereocenters. The van der Waals surface area contributed by atoms with Crippen LogP contribution in [0.1, 0.15) is 23.6 Å². The molecule has 1 amide bonds. The van der Waals surface area contributed by atoms with Crippen molar-refractivity contribution in [3.8, 4) is 0 Å². The number of aromatic nitrogens is 4. The number of halogens is 4. The lowest BCUT2D eigenvalue weighted by Crippen LogP contribution is -2.41. The number of carbonyl (C=O) groups excluding carboxylic acids is 1. The molecule has 0 aliphatic carbocycles. The van der Waals surface area contributed by atoms with Crippen molar-refractivity contribution in [2.24, 2.45) is 0 Å². The molecule has 1 N–H and O–H groups in total. The third-order valence-corrected chi connectivity index (χ3v) is 5.25. The Bertz CT molecular complexity index is 1160. The van der Waals surface area contributed by atoms with Gasteiger partial charge in [0, 0.05) is 41.5 Å². The number of alkyl halides is 3. The smallest absolute Gasteiger partial charge is 0.361 e. The molecule has 0 fully saturated rings. The lowest BCUT2D eigenvalue weighted by molar-refractivity contribution is -0.521. The Balaban J connectivity index is 1.47. The van der Waals surface area contributed by atoms with Gasteiger partial charge in [-0.3, -0.25) is 14.9 Å². The van der Waals surface area contributed by atoms with Gasteiger partial charge in [0.05, 0.1) is 13.0 Å². The topological polar surface area (TPSA) is 110 Å². The van der Waals surface area contributed by atoms with Gasteiger partial charge in [0.25, 0.3) is 0 Å². The summed E-state index contributed by atoms with van der Waals surface area (Å²) in [4.78, 5) is 27.8. The molecule has 1 aliphatic rings. The number of aromatic amines is 1. The van der Waals surface area contributed by atoms with Gasteiger partial charge in [-0.05, 0) is 23.8 Å². The van der Waals surface area contributed by atoms with Crippen molar-refractivity contribution in [3.05, 3.63) is 57.5 Å². The third-order valence-electron chi connectivity index (χ3n) is 5.25. The second-order valence-corrected chi connectivity index (χ2v) is 7.26. The van der Waals surface area contributed by atoms with Crippen LogP contribution in [0.2, 0.25) is 0 Å². The number of hydrogen-bond donors (Lipinski definition) is 1. The van der Waals surface area contributed by atoms with E-state index < -0.39 is 41.1 Å². The van der Waals surface area contributed by atoms with E-state index in [9.17, 15) is 32.5 Å². The summed E-state index contributed by atoms with van der Waals surface area (Å²) in [6, 6.07) is 2.76. The maximum Gasteiger partial charge on any atom is 0.451 e. The molecular formula is C18H16F4N6O3. The molecule has 0 saturated carbocycles. The highest BCUT2D eigenvalue weighted by Crippen LogP contribution is 2.29. The number of hydrogen-bond acceptors (Lipinski definition) is 5. The van der Waals surface area contributed by atoms with Crippen LogP contribution in [0.3, 0.4) is 0 Å². The Morgan fingerprint density at radius 1 is 1.29 bits per heavy atom. The van der Waals surface area contributed by atoms with Gasteiger partial charge < -0.3 is 14.5 Å². The summed E-state index contributed by atoms with van der Waals surface area (Å²) in [5.41, 5.74) is 1.11. The number of H-pyrrole nitrogens is 1. The van der Waals surface area contributed by atoms with Gasteiger partial charge in [0.15, 0.2) is 5.82 Å². The fourth-order valence-corrected chi connectivity index (χ4v) is 3.71. The molecule has 13 heteroatoms. The van der Waals surface area contributed by atoms with Crippen molar-refractivity contribution < 1.29 is 27.3 Å². The number of nitro groups is 1. The van der Waals surface area contributed by atoms with Gasteiger partial charge in [0.1, 0.15) is 5.82 Å². The SMILES string of the molecule is O=C(CC(Cc1c[nH]c2ccc(F)cc12)[N+](=O)[O-])N1CCn2c(nnc2C(F)(F)F)C1. The molecule has 164 valence electrons. The number of rotatable bonds is 5. The maximum atomic E-state index is 13.5. The predicted molar refractivity (Wildman–Crippen MR) is 97.8 cm³/mol. The van der Waals surface area contributed by atoms with Crippen LogP contribution in [0.5, 0.6) is 0 Å². The second-order valence-electron chi connectivity index (χ2n) is 7.26. The lowest BCUT2D eigenvalue weighted by atomic mass is 10.0. The highest BCUT2D eigenvalue weighted by Gasteiger charge is 2.40. The zero-order chi connectivity index (χ0) is 22.3. The molecular weight excluding hydrogens is 424 g/mol. The summed E-state index contributed by atoms with van der Waals surface area (Å²) >= 11 is 0. The predicted octanol–water partition coefficient (Wildman–Crippen LogP) is 2.54. The largest absolute Gasteiger partial charge is 0.451 e. The number of nitrogens with zero attached hydrogens (tertiary/aromatic N) is 5. The van der Waals surface area contributed by atoms with Gasteiger partial charge in [-0.1, -0.05) is 0 Å². The Labute approximate surface area is 171 Å². The minimum absolute atomic E-state index is 0.0309. The van der Waals surface area contributed by atoms with E-state index in [0.717, 1.165) is 4.57 Å². The number of carbonyl (C=O) groups is 1. The number of fused-ring (bicyclic) bond motifs is 2. The zero-order valence-electron chi connectivity index (χ0n) is 15.9. The second kappa shape index (κ2) is 7.63. The molecule has 3 heterocycles. The van der Waals surface area contributed by atoms with E-state index >= 15 is 0 Å². The van der Waals surface area contributed by atoms with Crippen LogP contribution in [-0.4, -0.2) is 48.1 Å². The molecule has 1 aliphatic heterocycles. The first kappa shape index (κ1) is 20.8. The molecule has 3 aromatic rings. The van der Waals surface area contributed by atoms with Gasteiger partial charge in [-0.25, -0.2) is 4.39 Å². The summed E-state index contributed by atoms with van der Waals surface area (Å²) < 4.78 is 53.3. The average molecular weight is 440 g/mol. The van der Waals surface area contributed by atoms with Crippen LogP contribution in [0, 0.1) is 15.9 Å². The number of nitrogens with one attached hydrogen (secondary N) is 1. The van der Waals surface area contributed by atoms with Crippen molar-refractivity contribution >= 4 is 16.8 Å².